The topological polar surface area (TPSA) is 36.7 Å². The van der Waals surface area contributed by atoms with Gasteiger partial charge in [-0.1, -0.05) is 13.3 Å². The first-order chi connectivity index (χ1) is 6.80. The Balaban J connectivity index is 2.26. The quantitative estimate of drug-likeness (QED) is 0.745. The lowest BCUT2D eigenvalue weighted by atomic mass is 9.87. The van der Waals surface area contributed by atoms with Gasteiger partial charge in [0.2, 0.25) is 0 Å². The lowest BCUT2D eigenvalue weighted by molar-refractivity contribution is 0.487. The van der Waals surface area contributed by atoms with Crippen molar-refractivity contribution in [3.63, 3.8) is 0 Å². The highest BCUT2D eigenvalue weighted by molar-refractivity contribution is 7.09. The van der Waals surface area contributed by atoms with Crippen molar-refractivity contribution in [3.8, 4) is 6.07 Å². The molecule has 1 saturated carbocycles. The summed E-state index contributed by atoms with van der Waals surface area (Å²) in [6, 6.07) is 2.49. The number of hydrogen-bond donors (Lipinski definition) is 0. The van der Waals surface area contributed by atoms with Crippen LogP contribution in [0.15, 0.2) is 11.6 Å². The summed E-state index contributed by atoms with van der Waals surface area (Å²) in [5, 5.41) is 12.3. The SMILES string of the molecule is CCC1CCC(C#N)(c2nccs2)C1. The molecule has 1 aliphatic carbocycles. The molecular weight excluding hydrogens is 192 g/mol. The lowest BCUT2D eigenvalue weighted by Crippen LogP contribution is -2.19. The van der Waals surface area contributed by atoms with E-state index < -0.39 is 0 Å². The second-order valence-electron chi connectivity index (χ2n) is 4.05. The van der Waals surface area contributed by atoms with Crippen LogP contribution >= 0.6 is 11.3 Å². The molecule has 1 heterocycles. The summed E-state index contributed by atoms with van der Waals surface area (Å²) in [4.78, 5) is 4.31. The van der Waals surface area contributed by atoms with Gasteiger partial charge in [-0.2, -0.15) is 5.26 Å². The van der Waals surface area contributed by atoms with Gasteiger partial charge in [-0.25, -0.2) is 4.98 Å². The van der Waals surface area contributed by atoms with Gasteiger partial charge >= 0.3 is 0 Å². The normalized spacial score (nSPS) is 31.6. The minimum absolute atomic E-state index is 0.255. The Bertz CT molecular complexity index is 339. The van der Waals surface area contributed by atoms with Crippen molar-refractivity contribution in [2.45, 2.75) is 38.0 Å². The summed E-state index contributed by atoms with van der Waals surface area (Å²) in [5.74, 6) is 0.721. The monoisotopic (exact) mass is 206 g/mol. The van der Waals surface area contributed by atoms with Crippen molar-refractivity contribution >= 4 is 11.3 Å². The van der Waals surface area contributed by atoms with Gasteiger partial charge < -0.3 is 0 Å². The van der Waals surface area contributed by atoms with Gasteiger partial charge in [-0.15, -0.1) is 11.3 Å². The van der Waals surface area contributed by atoms with E-state index in [0.29, 0.717) is 0 Å². The molecule has 14 heavy (non-hydrogen) atoms. The van der Waals surface area contributed by atoms with Gasteiger partial charge in [0, 0.05) is 11.6 Å². The van der Waals surface area contributed by atoms with E-state index in [0.717, 1.165) is 23.8 Å². The van der Waals surface area contributed by atoms with E-state index in [9.17, 15) is 5.26 Å². The van der Waals surface area contributed by atoms with Crippen molar-refractivity contribution in [1.82, 2.24) is 4.98 Å². The third kappa shape index (κ3) is 1.44. The number of nitrogens with zero attached hydrogens (tertiary/aromatic N) is 2. The molecule has 2 rings (SSSR count). The number of nitriles is 1. The van der Waals surface area contributed by atoms with E-state index in [1.807, 2.05) is 5.38 Å². The van der Waals surface area contributed by atoms with E-state index in [-0.39, 0.29) is 5.41 Å². The molecule has 1 fully saturated rings. The van der Waals surface area contributed by atoms with Gasteiger partial charge in [0.15, 0.2) is 0 Å². The summed E-state index contributed by atoms with van der Waals surface area (Å²) in [5.41, 5.74) is -0.255. The molecule has 1 aliphatic rings. The van der Waals surface area contributed by atoms with Crippen LogP contribution in [0, 0.1) is 17.2 Å². The van der Waals surface area contributed by atoms with Crippen LogP contribution in [0.2, 0.25) is 0 Å². The molecule has 1 aromatic rings. The summed E-state index contributed by atoms with van der Waals surface area (Å²) in [6.45, 7) is 2.21. The van der Waals surface area contributed by atoms with Crippen LogP contribution in [0.1, 0.15) is 37.6 Å². The van der Waals surface area contributed by atoms with Gasteiger partial charge in [-0.05, 0) is 25.2 Å². The number of thiazole rings is 1. The molecule has 0 aromatic carbocycles. The Morgan fingerprint density at radius 1 is 1.79 bits per heavy atom. The average Bonchev–Trinajstić information content (AvgIpc) is 2.87. The molecule has 0 amide bonds. The molecule has 2 nitrogen and oxygen atoms in total. The first-order valence-electron chi connectivity index (χ1n) is 5.12. The number of hydrogen-bond acceptors (Lipinski definition) is 3. The highest BCUT2D eigenvalue weighted by Crippen LogP contribution is 2.45. The van der Waals surface area contributed by atoms with E-state index in [1.54, 1.807) is 17.5 Å². The second-order valence-corrected chi connectivity index (χ2v) is 4.94. The van der Waals surface area contributed by atoms with E-state index in [1.165, 1.54) is 12.8 Å². The summed E-state index contributed by atoms with van der Waals surface area (Å²) >= 11 is 1.62. The summed E-state index contributed by atoms with van der Waals surface area (Å²) in [6.07, 6.45) is 6.18. The van der Waals surface area contributed by atoms with Gasteiger partial charge in [-0.3, -0.25) is 0 Å². The van der Waals surface area contributed by atoms with E-state index >= 15 is 0 Å². The zero-order valence-corrected chi connectivity index (χ0v) is 9.18. The maximum absolute atomic E-state index is 9.32. The van der Waals surface area contributed by atoms with Crippen LogP contribution in [-0.4, -0.2) is 4.98 Å². The average molecular weight is 206 g/mol. The van der Waals surface area contributed by atoms with Crippen LogP contribution in [0.4, 0.5) is 0 Å². The predicted molar refractivity (Wildman–Crippen MR) is 57.0 cm³/mol. The molecule has 74 valence electrons. The summed E-state index contributed by atoms with van der Waals surface area (Å²) < 4.78 is 0. The fourth-order valence-corrected chi connectivity index (χ4v) is 3.13. The molecular formula is C11H14N2S. The second kappa shape index (κ2) is 3.70. The molecule has 0 radical (unpaired) electrons. The van der Waals surface area contributed by atoms with E-state index in [2.05, 4.69) is 18.0 Å². The molecule has 2 unspecified atom stereocenters. The van der Waals surface area contributed by atoms with Crippen LogP contribution in [0.5, 0.6) is 0 Å². The molecule has 0 bridgehead atoms. The van der Waals surface area contributed by atoms with Crippen molar-refractivity contribution in [2.24, 2.45) is 5.92 Å². The minimum atomic E-state index is -0.255. The molecule has 1 aromatic heterocycles. The van der Waals surface area contributed by atoms with Gasteiger partial charge in [0.1, 0.15) is 10.4 Å². The fraction of sp³-hybridized carbons (Fsp3) is 0.636. The van der Waals surface area contributed by atoms with Crippen LogP contribution in [0.25, 0.3) is 0 Å². The maximum Gasteiger partial charge on any atom is 0.113 e. The van der Waals surface area contributed by atoms with Crippen LogP contribution < -0.4 is 0 Å². The Hall–Kier alpha value is -0.880. The van der Waals surface area contributed by atoms with Gasteiger partial charge in [0.25, 0.3) is 0 Å². The predicted octanol–water partition coefficient (Wildman–Crippen LogP) is 3.11. The highest BCUT2D eigenvalue weighted by atomic mass is 32.1. The molecule has 0 spiro atoms. The summed E-state index contributed by atoms with van der Waals surface area (Å²) in [7, 11) is 0. The maximum atomic E-state index is 9.32. The smallest absolute Gasteiger partial charge is 0.113 e. The van der Waals surface area contributed by atoms with Crippen LogP contribution in [0.3, 0.4) is 0 Å². The largest absolute Gasteiger partial charge is 0.248 e. The zero-order chi connectivity index (χ0) is 10.0. The highest BCUT2D eigenvalue weighted by Gasteiger charge is 2.42. The van der Waals surface area contributed by atoms with Crippen molar-refractivity contribution in [2.75, 3.05) is 0 Å². The minimum Gasteiger partial charge on any atom is -0.248 e. The number of aromatic nitrogens is 1. The van der Waals surface area contributed by atoms with Crippen molar-refractivity contribution in [3.05, 3.63) is 16.6 Å². The number of rotatable bonds is 2. The Morgan fingerprint density at radius 3 is 3.14 bits per heavy atom. The van der Waals surface area contributed by atoms with Gasteiger partial charge in [0.05, 0.1) is 6.07 Å². The fourth-order valence-electron chi connectivity index (χ4n) is 2.30. The molecule has 0 aliphatic heterocycles. The molecule has 0 saturated heterocycles. The first kappa shape index (κ1) is 9.67. The zero-order valence-electron chi connectivity index (χ0n) is 8.36. The van der Waals surface area contributed by atoms with Crippen LogP contribution in [-0.2, 0) is 5.41 Å². The standard InChI is InChI=1S/C11H14N2S/c1-2-9-3-4-11(7-9,8-12)10-13-5-6-14-10/h5-6,9H,2-4,7H2,1H3. The Morgan fingerprint density at radius 2 is 2.64 bits per heavy atom. The van der Waals surface area contributed by atoms with Crippen molar-refractivity contribution in [1.29, 1.82) is 5.26 Å². The van der Waals surface area contributed by atoms with Crippen molar-refractivity contribution < 1.29 is 0 Å². The Kier molecular flexibility index (Phi) is 2.56. The Labute approximate surface area is 88.6 Å². The molecule has 2 atom stereocenters. The molecule has 0 N–H and O–H groups in total. The first-order valence-corrected chi connectivity index (χ1v) is 6.00. The lowest BCUT2D eigenvalue weighted by Gasteiger charge is -2.17. The third-order valence-corrected chi connectivity index (χ3v) is 4.23. The third-order valence-electron chi connectivity index (χ3n) is 3.25. The molecule has 3 heteroatoms. The van der Waals surface area contributed by atoms with E-state index in [4.69, 9.17) is 0 Å².